The summed E-state index contributed by atoms with van der Waals surface area (Å²) in [6, 6.07) is 8.62. The van der Waals surface area contributed by atoms with E-state index in [1.165, 1.54) is 12.1 Å². The van der Waals surface area contributed by atoms with Crippen LogP contribution in [0.1, 0.15) is 44.6 Å². The summed E-state index contributed by atoms with van der Waals surface area (Å²) in [5.41, 5.74) is 6.38. The predicted octanol–water partition coefficient (Wildman–Crippen LogP) is 5.46. The van der Waals surface area contributed by atoms with E-state index in [9.17, 15) is 13.6 Å². The Labute approximate surface area is 184 Å². The molecule has 1 fully saturated rings. The van der Waals surface area contributed by atoms with Crippen LogP contribution in [0.2, 0.25) is 5.02 Å². The van der Waals surface area contributed by atoms with E-state index in [1.807, 2.05) is 6.92 Å². The molecular formula is C24H25ClF2N2O2. The van der Waals surface area contributed by atoms with Crippen molar-refractivity contribution in [1.82, 2.24) is 4.98 Å². The van der Waals surface area contributed by atoms with Gasteiger partial charge in [0.25, 0.3) is 5.56 Å². The number of hydrogen-bond acceptors (Lipinski definition) is 3. The fraction of sp³-hybridized carbons (Fsp3) is 0.375. The summed E-state index contributed by atoms with van der Waals surface area (Å²) >= 11 is 6.51. The van der Waals surface area contributed by atoms with Crippen LogP contribution in [0.4, 0.5) is 8.78 Å². The van der Waals surface area contributed by atoms with E-state index in [2.05, 4.69) is 4.98 Å². The number of aromatic amines is 1. The van der Waals surface area contributed by atoms with Gasteiger partial charge >= 0.3 is 0 Å². The standard InChI is InChI=1S/C24H25ClF2N2O2/c1-2-21(28)24(14-11-15(26)13-16(27)12-14)8-5-17(6-9-24)31-20-4-3-19-18(22(20)25)7-10-29-23(19)30/h3-4,7,10-13,17,21H,2,5-6,8-9,28H2,1H3,(H,29,30)/t17-,21?,24+. The molecule has 2 aromatic carbocycles. The van der Waals surface area contributed by atoms with Crippen LogP contribution < -0.4 is 16.0 Å². The lowest BCUT2D eigenvalue weighted by atomic mass is 9.64. The van der Waals surface area contributed by atoms with E-state index < -0.39 is 17.0 Å². The highest BCUT2D eigenvalue weighted by atomic mass is 35.5. The van der Waals surface area contributed by atoms with E-state index in [0.717, 1.165) is 6.07 Å². The molecule has 1 saturated carbocycles. The molecule has 0 saturated heterocycles. The van der Waals surface area contributed by atoms with Crippen molar-refractivity contribution < 1.29 is 13.5 Å². The number of hydrogen-bond donors (Lipinski definition) is 2. The molecule has 31 heavy (non-hydrogen) atoms. The molecule has 1 aliphatic rings. The zero-order valence-corrected chi connectivity index (χ0v) is 18.0. The van der Waals surface area contributed by atoms with Gasteiger partial charge in [-0.1, -0.05) is 18.5 Å². The molecule has 0 bridgehead atoms. The molecule has 1 unspecified atom stereocenters. The average molecular weight is 447 g/mol. The first-order valence-corrected chi connectivity index (χ1v) is 10.9. The van der Waals surface area contributed by atoms with E-state index in [1.54, 1.807) is 24.4 Å². The number of nitrogens with one attached hydrogen (secondary N) is 1. The Morgan fingerprint density at radius 1 is 1.16 bits per heavy atom. The normalized spacial score (nSPS) is 22.4. The minimum atomic E-state index is -0.589. The van der Waals surface area contributed by atoms with Crippen molar-refractivity contribution in [2.75, 3.05) is 0 Å². The minimum Gasteiger partial charge on any atom is -0.489 e. The fourth-order valence-electron chi connectivity index (χ4n) is 4.81. The molecule has 1 aliphatic carbocycles. The summed E-state index contributed by atoms with van der Waals surface area (Å²) in [6.45, 7) is 1.99. The van der Waals surface area contributed by atoms with Crippen LogP contribution in [0.3, 0.4) is 0 Å². The van der Waals surface area contributed by atoms with Gasteiger partial charge < -0.3 is 15.5 Å². The Balaban J connectivity index is 1.57. The zero-order valence-electron chi connectivity index (χ0n) is 17.3. The van der Waals surface area contributed by atoms with E-state index in [0.29, 0.717) is 59.2 Å². The largest absolute Gasteiger partial charge is 0.489 e. The Kier molecular flexibility index (Phi) is 6.04. The lowest BCUT2D eigenvalue weighted by molar-refractivity contribution is 0.103. The second-order valence-corrected chi connectivity index (χ2v) is 8.67. The molecule has 1 aromatic heterocycles. The van der Waals surface area contributed by atoms with Crippen LogP contribution in [0, 0.1) is 11.6 Å². The second kappa shape index (κ2) is 8.60. The van der Waals surface area contributed by atoms with Crippen molar-refractivity contribution in [3.8, 4) is 5.75 Å². The van der Waals surface area contributed by atoms with Crippen molar-refractivity contribution >= 4 is 22.4 Å². The molecule has 4 nitrogen and oxygen atoms in total. The lowest BCUT2D eigenvalue weighted by Gasteiger charge is -2.44. The van der Waals surface area contributed by atoms with Crippen molar-refractivity contribution in [2.24, 2.45) is 5.73 Å². The summed E-state index contributed by atoms with van der Waals surface area (Å²) in [6.07, 6.45) is 4.81. The number of fused-ring (bicyclic) bond motifs is 1. The SMILES string of the molecule is CCC(N)[C@]1(c2cc(F)cc(F)c2)CC[C@H](Oc2ccc3c(=O)[nH]ccc3c2Cl)CC1. The number of nitrogens with two attached hydrogens (primary N) is 1. The van der Waals surface area contributed by atoms with E-state index >= 15 is 0 Å². The zero-order chi connectivity index (χ0) is 22.2. The Bertz CT molecular complexity index is 1140. The summed E-state index contributed by atoms with van der Waals surface area (Å²) in [4.78, 5) is 14.6. The number of ether oxygens (including phenoxy) is 1. The van der Waals surface area contributed by atoms with Crippen LogP contribution in [0.25, 0.3) is 10.8 Å². The van der Waals surface area contributed by atoms with Crippen LogP contribution in [-0.4, -0.2) is 17.1 Å². The maximum absolute atomic E-state index is 13.9. The van der Waals surface area contributed by atoms with Gasteiger partial charge in [-0.05, 0) is 68.0 Å². The van der Waals surface area contributed by atoms with E-state index in [-0.39, 0.29) is 17.7 Å². The van der Waals surface area contributed by atoms with Gasteiger partial charge in [-0.25, -0.2) is 8.78 Å². The van der Waals surface area contributed by atoms with Crippen molar-refractivity contribution in [3.63, 3.8) is 0 Å². The lowest BCUT2D eigenvalue weighted by Crippen LogP contribution is -2.49. The maximum Gasteiger partial charge on any atom is 0.255 e. The molecular weight excluding hydrogens is 422 g/mol. The topological polar surface area (TPSA) is 68.1 Å². The van der Waals surface area contributed by atoms with E-state index in [4.69, 9.17) is 22.1 Å². The van der Waals surface area contributed by atoms with Crippen molar-refractivity contribution in [3.05, 3.63) is 75.2 Å². The molecule has 0 amide bonds. The van der Waals surface area contributed by atoms with Gasteiger partial charge in [0.05, 0.1) is 11.1 Å². The third-order valence-corrected chi connectivity index (χ3v) is 6.95. The maximum atomic E-state index is 13.9. The number of H-pyrrole nitrogens is 1. The highest BCUT2D eigenvalue weighted by Crippen LogP contribution is 2.44. The Morgan fingerprint density at radius 3 is 2.48 bits per heavy atom. The third-order valence-electron chi connectivity index (χ3n) is 6.56. The Hall–Kier alpha value is -2.44. The number of rotatable bonds is 5. The number of halogens is 3. The van der Waals surface area contributed by atoms with Gasteiger partial charge in [0, 0.05) is 34.5 Å². The molecule has 0 radical (unpaired) electrons. The van der Waals surface area contributed by atoms with Gasteiger partial charge in [-0.15, -0.1) is 0 Å². The van der Waals surface area contributed by atoms with Crippen molar-refractivity contribution in [1.29, 1.82) is 0 Å². The van der Waals surface area contributed by atoms with Gasteiger partial charge in [0.15, 0.2) is 0 Å². The number of aromatic nitrogens is 1. The first-order chi connectivity index (χ1) is 14.8. The molecule has 3 aromatic rings. The quantitative estimate of drug-likeness (QED) is 0.547. The van der Waals surface area contributed by atoms with Gasteiger partial charge in [0.2, 0.25) is 0 Å². The minimum absolute atomic E-state index is 0.104. The van der Waals surface area contributed by atoms with Crippen LogP contribution in [0.15, 0.2) is 47.4 Å². The summed E-state index contributed by atoms with van der Waals surface area (Å²) in [5, 5.41) is 1.54. The average Bonchev–Trinajstić information content (AvgIpc) is 2.75. The molecule has 4 rings (SSSR count). The van der Waals surface area contributed by atoms with Crippen LogP contribution >= 0.6 is 11.6 Å². The molecule has 0 aliphatic heterocycles. The molecule has 164 valence electrons. The summed E-state index contributed by atoms with van der Waals surface area (Å²) < 4.78 is 34.1. The van der Waals surface area contributed by atoms with Gasteiger partial charge in [-0.3, -0.25) is 4.79 Å². The highest BCUT2D eigenvalue weighted by molar-refractivity contribution is 6.37. The summed E-state index contributed by atoms with van der Waals surface area (Å²) in [5.74, 6) is -0.656. The molecule has 0 spiro atoms. The number of benzene rings is 2. The second-order valence-electron chi connectivity index (χ2n) is 8.29. The fourth-order valence-corrected chi connectivity index (χ4v) is 5.09. The van der Waals surface area contributed by atoms with Gasteiger partial charge in [0.1, 0.15) is 17.4 Å². The van der Waals surface area contributed by atoms with Crippen LogP contribution in [0.5, 0.6) is 5.75 Å². The number of pyridine rings is 1. The first kappa shape index (κ1) is 21.8. The Morgan fingerprint density at radius 2 is 1.84 bits per heavy atom. The highest BCUT2D eigenvalue weighted by Gasteiger charge is 2.42. The molecule has 3 N–H and O–H groups in total. The summed E-state index contributed by atoms with van der Waals surface area (Å²) in [7, 11) is 0. The van der Waals surface area contributed by atoms with Gasteiger partial charge in [-0.2, -0.15) is 0 Å². The van der Waals surface area contributed by atoms with Crippen LogP contribution in [-0.2, 0) is 5.41 Å². The third kappa shape index (κ3) is 4.06. The van der Waals surface area contributed by atoms with Crippen molar-refractivity contribution in [2.45, 2.75) is 56.6 Å². The first-order valence-electron chi connectivity index (χ1n) is 10.5. The molecule has 1 atom stereocenters. The smallest absolute Gasteiger partial charge is 0.255 e. The molecule has 1 heterocycles. The molecule has 7 heteroatoms. The predicted molar refractivity (Wildman–Crippen MR) is 119 cm³/mol. The monoisotopic (exact) mass is 446 g/mol.